The van der Waals surface area contributed by atoms with Gasteiger partial charge in [-0.05, 0) is 60.6 Å². The molecule has 0 radical (unpaired) electrons. The summed E-state index contributed by atoms with van der Waals surface area (Å²) in [6, 6.07) is 13.6. The number of aliphatic hydroxyl groups is 1. The number of benzene rings is 1. The van der Waals surface area contributed by atoms with E-state index < -0.39 is 6.10 Å². The van der Waals surface area contributed by atoms with Crippen molar-refractivity contribution in [3.63, 3.8) is 0 Å². The Morgan fingerprint density at radius 1 is 1.12 bits per heavy atom. The highest BCUT2D eigenvalue weighted by Gasteiger charge is 2.27. The third-order valence-corrected chi connectivity index (χ3v) is 6.54. The molecular weight excluding hydrogens is 362 g/mol. The molecule has 0 saturated heterocycles. The summed E-state index contributed by atoms with van der Waals surface area (Å²) in [6.45, 7) is 6.52. The minimum atomic E-state index is -0.422. The van der Waals surface area contributed by atoms with E-state index in [0.717, 1.165) is 4.88 Å². The Bertz CT molecular complexity index is 657. The fourth-order valence-corrected chi connectivity index (χ4v) is 5.06. The van der Waals surface area contributed by atoms with Gasteiger partial charge in [-0.2, -0.15) is 0 Å². The van der Waals surface area contributed by atoms with Crippen molar-refractivity contribution in [3.8, 4) is 0 Å². The minimum Gasteiger partial charge on any atom is -0.386 e. The van der Waals surface area contributed by atoms with Crippen molar-refractivity contribution < 1.29 is 5.11 Å². The topological polar surface area (TPSA) is 32.3 Å². The normalized spacial score (nSPS) is 22.7. The molecule has 26 heavy (non-hydrogen) atoms. The lowest BCUT2D eigenvalue weighted by Crippen LogP contribution is -2.42. The van der Waals surface area contributed by atoms with E-state index in [-0.39, 0.29) is 18.4 Å². The molecule has 0 aliphatic heterocycles. The smallest absolute Gasteiger partial charge is 0.103 e. The van der Waals surface area contributed by atoms with Crippen LogP contribution in [0.5, 0.6) is 0 Å². The van der Waals surface area contributed by atoms with Gasteiger partial charge in [0.2, 0.25) is 0 Å². The van der Waals surface area contributed by atoms with Crippen molar-refractivity contribution in [1.29, 1.82) is 0 Å². The van der Waals surface area contributed by atoms with Gasteiger partial charge in [0.25, 0.3) is 0 Å². The molecule has 1 aromatic heterocycles. The monoisotopic (exact) mass is 393 g/mol. The molecule has 0 bridgehead atoms. The predicted octanol–water partition coefficient (Wildman–Crippen LogP) is 6.03. The Labute approximate surface area is 168 Å². The summed E-state index contributed by atoms with van der Waals surface area (Å²) in [5.74, 6) is 1.16. The summed E-state index contributed by atoms with van der Waals surface area (Å²) in [5, 5.41) is 16.6. The third kappa shape index (κ3) is 5.32. The van der Waals surface area contributed by atoms with Gasteiger partial charge in [0.1, 0.15) is 6.10 Å². The molecule has 1 fully saturated rings. The third-order valence-electron chi connectivity index (χ3n) is 5.52. The van der Waals surface area contributed by atoms with Crippen LogP contribution in [-0.2, 0) is 0 Å². The molecule has 2 unspecified atom stereocenters. The number of nitrogens with one attached hydrogen (secondary N) is 1. The lowest BCUT2D eigenvalue weighted by atomic mass is 9.81. The lowest BCUT2D eigenvalue weighted by molar-refractivity contribution is 0.126. The lowest BCUT2D eigenvalue weighted by Gasteiger charge is -2.33. The molecule has 1 aliphatic rings. The zero-order chi connectivity index (χ0) is 17.8. The Balaban J connectivity index is 0.00000243. The summed E-state index contributed by atoms with van der Waals surface area (Å²) in [5.41, 5.74) is 2.79. The first kappa shape index (κ1) is 21.4. The van der Waals surface area contributed by atoms with Crippen LogP contribution >= 0.6 is 23.7 Å². The van der Waals surface area contributed by atoms with Gasteiger partial charge >= 0.3 is 0 Å². The van der Waals surface area contributed by atoms with Crippen LogP contribution in [0.3, 0.4) is 0 Å². The van der Waals surface area contributed by atoms with E-state index in [1.807, 2.05) is 0 Å². The van der Waals surface area contributed by atoms with Crippen LogP contribution in [0.1, 0.15) is 80.4 Å². The zero-order valence-electron chi connectivity index (χ0n) is 16.0. The van der Waals surface area contributed by atoms with Crippen molar-refractivity contribution in [2.45, 2.75) is 76.5 Å². The van der Waals surface area contributed by atoms with Gasteiger partial charge in [0.05, 0.1) is 0 Å². The molecule has 1 heterocycles. The van der Waals surface area contributed by atoms with Gasteiger partial charge < -0.3 is 10.4 Å². The first-order chi connectivity index (χ1) is 12.0. The summed E-state index contributed by atoms with van der Waals surface area (Å²) in [4.78, 5) is 1.08. The van der Waals surface area contributed by atoms with Crippen LogP contribution in [0, 0.1) is 0 Å². The van der Waals surface area contributed by atoms with Crippen LogP contribution in [0.2, 0.25) is 0 Å². The maximum absolute atomic E-state index is 10.7. The fraction of sp³-hybridized carbons (Fsp3) is 0.545. The molecule has 4 heteroatoms. The Hall–Kier alpha value is -0.870. The number of hydrogen-bond acceptors (Lipinski definition) is 3. The Morgan fingerprint density at radius 3 is 2.50 bits per heavy atom. The van der Waals surface area contributed by atoms with Crippen LogP contribution in [0.15, 0.2) is 41.8 Å². The van der Waals surface area contributed by atoms with Crippen molar-refractivity contribution in [2.75, 3.05) is 0 Å². The van der Waals surface area contributed by atoms with E-state index in [0.29, 0.717) is 17.9 Å². The number of aliphatic hydroxyl groups excluding tert-OH is 1. The highest BCUT2D eigenvalue weighted by molar-refractivity contribution is 7.10. The van der Waals surface area contributed by atoms with Gasteiger partial charge in [-0.3, -0.25) is 0 Å². The highest BCUT2D eigenvalue weighted by Crippen LogP contribution is 2.34. The SMILES string of the molecule is CC(C)c1csc(C(O)C(C)N[C@H]2CCC[C@@H](c3ccccc3)C2)c1.Cl. The molecule has 1 saturated carbocycles. The molecule has 2 nitrogen and oxygen atoms in total. The number of halogens is 1. The summed E-state index contributed by atoms with van der Waals surface area (Å²) in [7, 11) is 0. The molecule has 2 N–H and O–H groups in total. The highest BCUT2D eigenvalue weighted by atomic mass is 35.5. The van der Waals surface area contributed by atoms with Gasteiger partial charge in [-0.1, -0.05) is 50.6 Å². The molecule has 1 aliphatic carbocycles. The molecule has 0 amide bonds. The molecule has 4 atom stereocenters. The summed E-state index contributed by atoms with van der Waals surface area (Å²) >= 11 is 1.68. The standard InChI is InChI=1S/C22H31NOS.ClH/c1-15(2)19-13-21(25-14-19)22(24)16(3)23-20-11-7-10-18(12-20)17-8-5-4-6-9-17;/h4-6,8-9,13-16,18,20,22-24H,7,10-12H2,1-3H3;1H/t16?,18-,20+,22?;/m1./s1. The second-order valence-electron chi connectivity index (χ2n) is 7.81. The number of hydrogen-bond donors (Lipinski definition) is 2. The summed E-state index contributed by atoms with van der Waals surface area (Å²) in [6.07, 6.45) is 4.50. The zero-order valence-corrected chi connectivity index (χ0v) is 17.7. The van der Waals surface area contributed by atoms with Crippen molar-refractivity contribution in [1.82, 2.24) is 5.32 Å². The van der Waals surface area contributed by atoms with Gasteiger partial charge in [0, 0.05) is 17.0 Å². The molecular formula is C22H32ClNOS. The van der Waals surface area contributed by atoms with Crippen LogP contribution < -0.4 is 5.32 Å². The van der Waals surface area contributed by atoms with Gasteiger partial charge in [-0.15, -0.1) is 23.7 Å². The first-order valence-electron chi connectivity index (χ1n) is 9.62. The Kier molecular flexibility index (Phi) is 8.15. The summed E-state index contributed by atoms with van der Waals surface area (Å²) < 4.78 is 0. The second kappa shape index (κ2) is 9.89. The minimum absolute atomic E-state index is 0. The fourth-order valence-electron chi connectivity index (χ4n) is 3.90. The maximum Gasteiger partial charge on any atom is 0.103 e. The average molecular weight is 394 g/mol. The van der Waals surface area contributed by atoms with E-state index in [4.69, 9.17) is 0 Å². The molecule has 3 rings (SSSR count). The number of thiophene rings is 1. The van der Waals surface area contributed by atoms with E-state index in [2.05, 4.69) is 67.9 Å². The van der Waals surface area contributed by atoms with E-state index in [1.165, 1.54) is 36.8 Å². The number of rotatable bonds is 6. The molecule has 1 aromatic carbocycles. The van der Waals surface area contributed by atoms with E-state index >= 15 is 0 Å². The van der Waals surface area contributed by atoms with Gasteiger partial charge in [0.15, 0.2) is 0 Å². The van der Waals surface area contributed by atoms with Gasteiger partial charge in [-0.25, -0.2) is 0 Å². The second-order valence-corrected chi connectivity index (χ2v) is 8.75. The maximum atomic E-state index is 10.7. The molecule has 0 spiro atoms. The van der Waals surface area contributed by atoms with Crippen LogP contribution in [0.25, 0.3) is 0 Å². The Morgan fingerprint density at radius 2 is 1.85 bits per heavy atom. The van der Waals surface area contributed by atoms with Crippen LogP contribution in [-0.4, -0.2) is 17.2 Å². The van der Waals surface area contributed by atoms with Crippen molar-refractivity contribution in [2.24, 2.45) is 0 Å². The average Bonchev–Trinajstić information content (AvgIpc) is 3.12. The molecule has 144 valence electrons. The van der Waals surface area contributed by atoms with Crippen LogP contribution in [0.4, 0.5) is 0 Å². The van der Waals surface area contributed by atoms with Crippen molar-refractivity contribution >= 4 is 23.7 Å². The largest absolute Gasteiger partial charge is 0.386 e. The predicted molar refractivity (Wildman–Crippen MR) is 115 cm³/mol. The molecule has 2 aromatic rings. The quantitative estimate of drug-likeness (QED) is 0.627. The van der Waals surface area contributed by atoms with Crippen molar-refractivity contribution in [3.05, 3.63) is 57.8 Å². The van der Waals surface area contributed by atoms with E-state index in [1.54, 1.807) is 11.3 Å². The van der Waals surface area contributed by atoms with E-state index in [9.17, 15) is 5.11 Å². The first-order valence-corrected chi connectivity index (χ1v) is 10.5.